The molecule has 0 radical (unpaired) electrons. The third-order valence-electron chi connectivity index (χ3n) is 4.94. The smallest absolute Gasteiger partial charge is 0.234 e. The summed E-state index contributed by atoms with van der Waals surface area (Å²) in [5, 5.41) is 2.43. The Morgan fingerprint density at radius 1 is 1.04 bits per heavy atom. The molecule has 0 bridgehead atoms. The van der Waals surface area contributed by atoms with Crippen LogP contribution in [0.4, 0.5) is 5.69 Å². The zero-order valence-electron chi connectivity index (χ0n) is 13.9. The van der Waals surface area contributed by atoms with Crippen LogP contribution in [0.15, 0.2) is 24.3 Å². The summed E-state index contributed by atoms with van der Waals surface area (Å²) in [6.07, 6.45) is 1.03. The lowest BCUT2D eigenvalue weighted by molar-refractivity contribution is -0.134. The van der Waals surface area contributed by atoms with Crippen LogP contribution in [-0.2, 0) is 9.59 Å². The van der Waals surface area contributed by atoms with Crippen LogP contribution in [0.25, 0.3) is 0 Å². The molecule has 124 valence electrons. The van der Waals surface area contributed by atoms with Crippen LogP contribution in [0.5, 0.6) is 0 Å². The maximum absolute atomic E-state index is 11.9. The minimum absolute atomic E-state index is 0.161. The van der Waals surface area contributed by atoms with E-state index in [2.05, 4.69) is 41.1 Å². The van der Waals surface area contributed by atoms with Gasteiger partial charge < -0.3 is 4.90 Å². The van der Waals surface area contributed by atoms with Crippen molar-refractivity contribution in [3.63, 3.8) is 0 Å². The van der Waals surface area contributed by atoms with Crippen molar-refractivity contribution < 1.29 is 9.59 Å². The summed E-state index contributed by atoms with van der Waals surface area (Å²) in [5.41, 5.74) is 2.21. The Hall–Kier alpha value is -1.88. The van der Waals surface area contributed by atoms with Crippen molar-refractivity contribution in [1.29, 1.82) is 0 Å². The number of rotatable bonds is 3. The Kier molecular flexibility index (Phi) is 4.66. The number of nitrogens with zero attached hydrogens (tertiary/aromatic N) is 2. The Labute approximate surface area is 137 Å². The highest BCUT2D eigenvalue weighted by Gasteiger charge is 2.28. The van der Waals surface area contributed by atoms with Gasteiger partial charge in [-0.25, -0.2) is 0 Å². The lowest BCUT2D eigenvalue weighted by Gasteiger charge is -2.38. The molecule has 1 aromatic carbocycles. The standard InChI is InChI=1S/C18H25N3O2/c1-13(2)20-9-11-21(12-10-20)15-5-3-14(4-6-15)16-7-8-17(22)19-18(16)23/h3-6,13,16H,7-12H2,1-2H3,(H,19,22,23). The predicted molar refractivity (Wildman–Crippen MR) is 90.5 cm³/mol. The molecule has 2 fully saturated rings. The monoisotopic (exact) mass is 315 g/mol. The number of amides is 2. The van der Waals surface area contributed by atoms with Gasteiger partial charge in [-0.05, 0) is 38.0 Å². The lowest BCUT2D eigenvalue weighted by atomic mass is 9.90. The second-order valence-electron chi connectivity index (χ2n) is 6.71. The van der Waals surface area contributed by atoms with Crippen molar-refractivity contribution >= 4 is 17.5 Å². The molecule has 0 spiro atoms. The van der Waals surface area contributed by atoms with Crippen LogP contribution >= 0.6 is 0 Å². The van der Waals surface area contributed by atoms with Gasteiger partial charge in [0, 0.05) is 44.3 Å². The molecule has 1 unspecified atom stereocenters. The summed E-state index contributed by atoms with van der Waals surface area (Å²) in [6.45, 7) is 8.74. The van der Waals surface area contributed by atoms with E-state index in [1.807, 2.05) is 12.1 Å². The van der Waals surface area contributed by atoms with Gasteiger partial charge in [0.05, 0.1) is 5.92 Å². The fraction of sp³-hybridized carbons (Fsp3) is 0.556. The van der Waals surface area contributed by atoms with E-state index in [1.54, 1.807) is 0 Å². The molecule has 5 nitrogen and oxygen atoms in total. The first-order valence-electron chi connectivity index (χ1n) is 8.47. The number of imide groups is 1. The molecule has 1 aromatic rings. The van der Waals surface area contributed by atoms with Crippen LogP contribution in [0.2, 0.25) is 0 Å². The fourth-order valence-electron chi connectivity index (χ4n) is 3.43. The first-order chi connectivity index (χ1) is 11.0. The van der Waals surface area contributed by atoms with E-state index in [9.17, 15) is 9.59 Å². The molecule has 1 N–H and O–H groups in total. The number of benzene rings is 1. The Morgan fingerprint density at radius 3 is 2.26 bits per heavy atom. The molecule has 2 aliphatic rings. The summed E-state index contributed by atoms with van der Waals surface area (Å²) in [5.74, 6) is -0.523. The van der Waals surface area contributed by atoms with Gasteiger partial charge in [-0.15, -0.1) is 0 Å². The van der Waals surface area contributed by atoms with E-state index in [0.717, 1.165) is 31.7 Å². The first kappa shape index (κ1) is 16.0. The van der Waals surface area contributed by atoms with E-state index in [-0.39, 0.29) is 17.7 Å². The highest BCUT2D eigenvalue weighted by molar-refractivity contribution is 6.00. The van der Waals surface area contributed by atoms with Crippen LogP contribution in [0.1, 0.15) is 38.2 Å². The maximum Gasteiger partial charge on any atom is 0.234 e. The molecular formula is C18H25N3O2. The Bertz CT molecular complexity index is 574. The molecule has 2 saturated heterocycles. The second kappa shape index (κ2) is 6.71. The number of anilines is 1. The van der Waals surface area contributed by atoms with E-state index >= 15 is 0 Å². The van der Waals surface area contributed by atoms with Gasteiger partial charge in [0.1, 0.15) is 0 Å². The number of piperidine rings is 1. The van der Waals surface area contributed by atoms with Gasteiger partial charge in [0.15, 0.2) is 0 Å². The third kappa shape index (κ3) is 3.55. The maximum atomic E-state index is 11.9. The number of hydrogen-bond acceptors (Lipinski definition) is 4. The van der Waals surface area contributed by atoms with E-state index in [0.29, 0.717) is 18.9 Å². The van der Waals surface area contributed by atoms with Crippen molar-refractivity contribution in [3.05, 3.63) is 29.8 Å². The summed E-state index contributed by atoms with van der Waals surface area (Å²) in [7, 11) is 0. The number of nitrogens with one attached hydrogen (secondary N) is 1. The Morgan fingerprint density at radius 2 is 1.70 bits per heavy atom. The average Bonchev–Trinajstić information content (AvgIpc) is 2.55. The van der Waals surface area contributed by atoms with Crippen LogP contribution in [-0.4, -0.2) is 48.9 Å². The summed E-state index contributed by atoms with van der Waals surface area (Å²) >= 11 is 0. The molecule has 2 amide bonds. The number of piperazine rings is 1. The zero-order valence-corrected chi connectivity index (χ0v) is 13.9. The molecule has 2 aliphatic heterocycles. The Balaban J connectivity index is 1.64. The van der Waals surface area contributed by atoms with Gasteiger partial charge in [0.2, 0.25) is 11.8 Å². The molecule has 0 aliphatic carbocycles. The van der Waals surface area contributed by atoms with Gasteiger partial charge in [0.25, 0.3) is 0 Å². The quantitative estimate of drug-likeness (QED) is 0.863. The van der Waals surface area contributed by atoms with Gasteiger partial charge in [-0.2, -0.15) is 0 Å². The van der Waals surface area contributed by atoms with Gasteiger partial charge in [-0.1, -0.05) is 12.1 Å². The molecule has 5 heteroatoms. The molecule has 0 saturated carbocycles. The van der Waals surface area contributed by atoms with E-state index < -0.39 is 0 Å². The van der Waals surface area contributed by atoms with Crippen molar-refractivity contribution in [1.82, 2.24) is 10.2 Å². The van der Waals surface area contributed by atoms with Crippen molar-refractivity contribution in [2.24, 2.45) is 0 Å². The average molecular weight is 315 g/mol. The van der Waals surface area contributed by atoms with Crippen LogP contribution < -0.4 is 10.2 Å². The van der Waals surface area contributed by atoms with Crippen molar-refractivity contribution in [2.45, 2.75) is 38.6 Å². The topological polar surface area (TPSA) is 52.6 Å². The lowest BCUT2D eigenvalue weighted by Crippen LogP contribution is -2.48. The normalized spacial score (nSPS) is 23.3. The predicted octanol–water partition coefficient (Wildman–Crippen LogP) is 1.74. The first-order valence-corrected chi connectivity index (χ1v) is 8.47. The zero-order chi connectivity index (χ0) is 16.4. The van der Waals surface area contributed by atoms with Crippen LogP contribution in [0.3, 0.4) is 0 Å². The number of carbonyl (C=O) groups is 2. The van der Waals surface area contributed by atoms with Gasteiger partial charge in [-0.3, -0.25) is 19.8 Å². The molecular weight excluding hydrogens is 290 g/mol. The fourth-order valence-corrected chi connectivity index (χ4v) is 3.43. The minimum atomic E-state index is -0.195. The highest BCUT2D eigenvalue weighted by Crippen LogP contribution is 2.27. The van der Waals surface area contributed by atoms with Crippen LogP contribution in [0, 0.1) is 0 Å². The minimum Gasteiger partial charge on any atom is -0.369 e. The second-order valence-corrected chi connectivity index (χ2v) is 6.71. The summed E-state index contributed by atoms with van der Waals surface area (Å²) in [4.78, 5) is 28.1. The number of carbonyl (C=O) groups excluding carboxylic acids is 2. The summed E-state index contributed by atoms with van der Waals surface area (Å²) in [6, 6.07) is 8.87. The van der Waals surface area contributed by atoms with Gasteiger partial charge >= 0.3 is 0 Å². The largest absolute Gasteiger partial charge is 0.369 e. The molecule has 1 atom stereocenters. The molecule has 0 aromatic heterocycles. The van der Waals surface area contributed by atoms with E-state index in [1.165, 1.54) is 5.69 Å². The molecule has 3 rings (SSSR count). The van der Waals surface area contributed by atoms with Crippen molar-refractivity contribution in [3.8, 4) is 0 Å². The highest BCUT2D eigenvalue weighted by atomic mass is 16.2. The van der Waals surface area contributed by atoms with E-state index in [4.69, 9.17) is 0 Å². The third-order valence-corrected chi connectivity index (χ3v) is 4.94. The summed E-state index contributed by atoms with van der Waals surface area (Å²) < 4.78 is 0. The molecule has 23 heavy (non-hydrogen) atoms. The van der Waals surface area contributed by atoms with Crippen molar-refractivity contribution in [2.75, 3.05) is 31.1 Å². The number of hydrogen-bond donors (Lipinski definition) is 1. The molecule has 2 heterocycles. The SMILES string of the molecule is CC(C)N1CCN(c2ccc(C3CCC(=O)NC3=O)cc2)CC1.